The van der Waals surface area contributed by atoms with E-state index in [2.05, 4.69) is 16.0 Å². The normalized spacial score (nSPS) is 10.2. The Morgan fingerprint density at radius 1 is 1.50 bits per heavy atom. The molecule has 2 N–H and O–H groups in total. The molecule has 0 fully saturated rings. The fraction of sp³-hybridized carbons (Fsp3) is 0.583. The van der Waals surface area contributed by atoms with E-state index in [4.69, 9.17) is 15.7 Å². The van der Waals surface area contributed by atoms with Gasteiger partial charge >= 0.3 is 0 Å². The summed E-state index contributed by atoms with van der Waals surface area (Å²) in [6.45, 7) is 7.01. The largest absolute Gasteiger partial charge is 0.476 e. The van der Waals surface area contributed by atoms with Gasteiger partial charge in [0.25, 0.3) is 0 Å². The highest BCUT2D eigenvalue weighted by Gasteiger charge is 2.18. The molecule has 1 aromatic rings. The van der Waals surface area contributed by atoms with Crippen molar-refractivity contribution >= 4 is 11.5 Å². The first-order chi connectivity index (χ1) is 8.61. The first kappa shape index (κ1) is 14.0. The third-order valence-electron chi connectivity index (χ3n) is 2.47. The molecule has 0 aromatic carbocycles. The van der Waals surface area contributed by atoms with Gasteiger partial charge in [-0.2, -0.15) is 10.2 Å². The predicted molar refractivity (Wildman–Crippen MR) is 70.3 cm³/mol. The summed E-state index contributed by atoms with van der Waals surface area (Å²) in [5, 5.41) is 8.69. The summed E-state index contributed by atoms with van der Waals surface area (Å²) >= 11 is 0. The minimum Gasteiger partial charge on any atom is -0.476 e. The van der Waals surface area contributed by atoms with Gasteiger partial charge in [0.15, 0.2) is 5.82 Å². The zero-order valence-corrected chi connectivity index (χ0v) is 11.1. The Hall–Kier alpha value is -2.03. The third-order valence-corrected chi connectivity index (χ3v) is 2.47. The molecule has 6 heteroatoms. The molecule has 98 valence electrons. The van der Waals surface area contributed by atoms with E-state index in [9.17, 15) is 0 Å². The Morgan fingerprint density at radius 3 is 2.78 bits per heavy atom. The zero-order valence-electron chi connectivity index (χ0n) is 11.1. The van der Waals surface area contributed by atoms with Crippen LogP contribution in [0.1, 0.15) is 27.2 Å². The van der Waals surface area contributed by atoms with Crippen molar-refractivity contribution in [3.05, 3.63) is 6.33 Å². The van der Waals surface area contributed by atoms with Gasteiger partial charge in [-0.25, -0.2) is 4.98 Å². The molecule has 0 saturated heterocycles. The fourth-order valence-corrected chi connectivity index (χ4v) is 1.63. The van der Waals surface area contributed by atoms with Gasteiger partial charge in [-0.15, -0.1) is 0 Å². The maximum Gasteiger partial charge on any atom is 0.242 e. The molecule has 0 amide bonds. The zero-order chi connectivity index (χ0) is 13.5. The maximum absolute atomic E-state index is 8.69. The monoisotopic (exact) mass is 249 g/mol. The van der Waals surface area contributed by atoms with Crippen LogP contribution in [-0.4, -0.2) is 29.2 Å². The highest BCUT2D eigenvalue weighted by molar-refractivity contribution is 5.68. The van der Waals surface area contributed by atoms with Gasteiger partial charge in [-0.05, 0) is 20.8 Å². The highest BCUT2D eigenvalue weighted by Crippen LogP contribution is 2.29. The number of rotatable bonds is 6. The molecular formula is C12H19N5O. The van der Waals surface area contributed by atoms with E-state index < -0.39 is 0 Å². The lowest BCUT2D eigenvalue weighted by Gasteiger charge is -2.28. The quantitative estimate of drug-likeness (QED) is 0.823. The van der Waals surface area contributed by atoms with Crippen molar-refractivity contribution in [2.45, 2.75) is 33.2 Å². The summed E-state index contributed by atoms with van der Waals surface area (Å²) in [6.07, 6.45) is 1.85. The second-order valence-electron chi connectivity index (χ2n) is 4.04. The van der Waals surface area contributed by atoms with Gasteiger partial charge in [0.2, 0.25) is 5.88 Å². The van der Waals surface area contributed by atoms with Crippen LogP contribution in [0.3, 0.4) is 0 Å². The maximum atomic E-state index is 8.69. The average molecular weight is 249 g/mol. The molecule has 1 aromatic heterocycles. The summed E-state index contributed by atoms with van der Waals surface area (Å²) in [5.41, 5.74) is 6.43. The van der Waals surface area contributed by atoms with E-state index in [-0.39, 0.29) is 6.04 Å². The minimum atomic E-state index is 0.199. The van der Waals surface area contributed by atoms with E-state index in [1.54, 1.807) is 0 Å². The number of nitrogens with zero attached hydrogens (tertiary/aromatic N) is 4. The van der Waals surface area contributed by atoms with E-state index >= 15 is 0 Å². The molecule has 1 rings (SSSR count). The summed E-state index contributed by atoms with van der Waals surface area (Å²) in [5.74, 6) is 1.02. The second-order valence-corrected chi connectivity index (χ2v) is 4.04. The summed E-state index contributed by atoms with van der Waals surface area (Å²) in [6, 6.07) is 2.32. The molecule has 0 radical (unpaired) electrons. The topological polar surface area (TPSA) is 88.1 Å². The Labute approximate surface area is 107 Å². The van der Waals surface area contributed by atoms with Crippen LogP contribution < -0.4 is 15.4 Å². The lowest BCUT2D eigenvalue weighted by molar-refractivity contribution is 0.328. The number of anilines is 2. The molecule has 0 aliphatic rings. The highest BCUT2D eigenvalue weighted by atomic mass is 16.5. The van der Waals surface area contributed by atoms with Crippen LogP contribution in [0.4, 0.5) is 11.5 Å². The van der Waals surface area contributed by atoms with Crippen LogP contribution in [-0.2, 0) is 0 Å². The van der Waals surface area contributed by atoms with Crippen molar-refractivity contribution in [3.8, 4) is 11.9 Å². The molecule has 18 heavy (non-hydrogen) atoms. The molecule has 0 aliphatic heterocycles. The van der Waals surface area contributed by atoms with Crippen LogP contribution in [0, 0.1) is 11.3 Å². The van der Waals surface area contributed by atoms with Crippen molar-refractivity contribution in [2.75, 3.05) is 23.8 Å². The van der Waals surface area contributed by atoms with Gasteiger partial charge in [-0.3, -0.25) is 0 Å². The SMILES string of the molecule is CCOc1ncnc(N(CCC#N)C(C)C)c1N. The number of aromatic nitrogens is 2. The molecule has 6 nitrogen and oxygen atoms in total. The van der Waals surface area contributed by atoms with E-state index in [1.807, 2.05) is 25.7 Å². The van der Waals surface area contributed by atoms with Crippen molar-refractivity contribution in [1.82, 2.24) is 9.97 Å². The molecule has 0 spiro atoms. The Morgan fingerprint density at radius 2 is 2.22 bits per heavy atom. The lowest BCUT2D eigenvalue weighted by Crippen LogP contribution is -2.33. The number of hydrogen-bond donors (Lipinski definition) is 1. The minimum absolute atomic E-state index is 0.199. The van der Waals surface area contributed by atoms with Crippen LogP contribution >= 0.6 is 0 Å². The fourth-order valence-electron chi connectivity index (χ4n) is 1.63. The number of nitriles is 1. The van der Waals surface area contributed by atoms with Gasteiger partial charge in [-0.1, -0.05) is 0 Å². The van der Waals surface area contributed by atoms with Crippen LogP contribution in [0.2, 0.25) is 0 Å². The Balaban J connectivity index is 3.04. The smallest absolute Gasteiger partial charge is 0.242 e. The Bertz CT molecular complexity index is 427. The number of hydrogen-bond acceptors (Lipinski definition) is 6. The van der Waals surface area contributed by atoms with Gasteiger partial charge in [0.1, 0.15) is 12.0 Å². The summed E-state index contributed by atoms with van der Waals surface area (Å²) in [7, 11) is 0. The van der Waals surface area contributed by atoms with Crippen molar-refractivity contribution < 1.29 is 4.74 Å². The van der Waals surface area contributed by atoms with E-state index in [0.29, 0.717) is 37.0 Å². The molecule has 0 atom stereocenters. The number of nitrogens with two attached hydrogens (primary N) is 1. The molecule has 0 aliphatic carbocycles. The number of ether oxygens (including phenoxy) is 1. The Kier molecular flexibility index (Phi) is 5.18. The third kappa shape index (κ3) is 3.23. The standard InChI is InChI=1S/C12H19N5O/c1-4-18-12-10(14)11(15-8-16-12)17(9(2)3)7-5-6-13/h8-9H,4-5,7,14H2,1-3H3. The van der Waals surface area contributed by atoms with Crippen molar-refractivity contribution in [1.29, 1.82) is 5.26 Å². The van der Waals surface area contributed by atoms with Crippen LogP contribution in [0.25, 0.3) is 0 Å². The van der Waals surface area contributed by atoms with E-state index in [1.165, 1.54) is 6.33 Å². The van der Waals surface area contributed by atoms with E-state index in [0.717, 1.165) is 0 Å². The first-order valence-corrected chi connectivity index (χ1v) is 5.98. The number of nitrogen functional groups attached to an aromatic ring is 1. The summed E-state index contributed by atoms with van der Waals surface area (Å²) < 4.78 is 5.34. The van der Waals surface area contributed by atoms with Crippen LogP contribution in [0.5, 0.6) is 5.88 Å². The molecular weight excluding hydrogens is 230 g/mol. The van der Waals surface area contributed by atoms with Gasteiger partial charge < -0.3 is 15.4 Å². The predicted octanol–water partition coefficient (Wildman–Crippen LogP) is 1.59. The second kappa shape index (κ2) is 6.64. The van der Waals surface area contributed by atoms with Gasteiger partial charge in [0.05, 0.1) is 19.1 Å². The summed E-state index contributed by atoms with van der Waals surface area (Å²) in [4.78, 5) is 10.2. The van der Waals surface area contributed by atoms with Gasteiger partial charge in [0, 0.05) is 12.6 Å². The first-order valence-electron chi connectivity index (χ1n) is 5.98. The molecule has 0 saturated carbocycles. The molecule has 0 bridgehead atoms. The lowest BCUT2D eigenvalue weighted by atomic mass is 10.2. The van der Waals surface area contributed by atoms with Crippen molar-refractivity contribution in [2.24, 2.45) is 0 Å². The van der Waals surface area contributed by atoms with Crippen LogP contribution in [0.15, 0.2) is 6.33 Å². The molecule has 0 unspecified atom stereocenters. The molecule has 1 heterocycles. The average Bonchev–Trinajstić information content (AvgIpc) is 2.34. The van der Waals surface area contributed by atoms with Crippen molar-refractivity contribution in [3.63, 3.8) is 0 Å².